The first-order chi connectivity index (χ1) is 12.2. The second-order valence-corrected chi connectivity index (χ2v) is 7.96. The van der Waals surface area contributed by atoms with Crippen LogP contribution in [0.4, 0.5) is 0 Å². The highest BCUT2D eigenvalue weighted by atomic mass is 35.5. The Labute approximate surface area is 154 Å². The fraction of sp³-hybridized carbons (Fsp3) is 0.333. The molecule has 0 bridgehead atoms. The third kappa shape index (κ3) is 3.17. The molecule has 11 heteroatoms. The number of rotatable bonds is 3. The molecule has 0 atom stereocenters. The second-order valence-electron chi connectivity index (χ2n) is 5.71. The molecule has 9 nitrogen and oxygen atoms in total. The molecule has 1 fully saturated rings. The Morgan fingerprint density at radius 3 is 2.54 bits per heavy atom. The third-order valence-electron chi connectivity index (χ3n) is 4.00. The van der Waals surface area contributed by atoms with E-state index in [-0.39, 0.29) is 35.2 Å². The Hall–Kier alpha value is -2.46. The van der Waals surface area contributed by atoms with Crippen molar-refractivity contribution in [2.24, 2.45) is 0 Å². The lowest BCUT2D eigenvalue weighted by Crippen LogP contribution is -2.54. The molecule has 0 aromatic carbocycles. The summed E-state index contributed by atoms with van der Waals surface area (Å²) in [7, 11) is -4.05. The molecule has 1 aliphatic rings. The fourth-order valence-electron chi connectivity index (χ4n) is 2.67. The quantitative estimate of drug-likeness (QED) is 0.709. The van der Waals surface area contributed by atoms with Crippen molar-refractivity contribution in [3.8, 4) is 0 Å². The first-order valence-corrected chi connectivity index (χ1v) is 9.43. The minimum absolute atomic E-state index is 0.0644. The molecule has 3 rings (SSSR count). The van der Waals surface area contributed by atoms with E-state index in [2.05, 4.69) is 10.1 Å². The number of pyridine rings is 1. The van der Waals surface area contributed by atoms with E-state index in [1.807, 2.05) is 0 Å². The smallest absolute Gasteiger partial charge is 0.268 e. The first-order valence-electron chi connectivity index (χ1n) is 7.61. The maximum atomic E-state index is 12.6. The van der Waals surface area contributed by atoms with Gasteiger partial charge in [0.25, 0.3) is 21.8 Å². The van der Waals surface area contributed by atoms with Gasteiger partial charge in [-0.25, -0.2) is 17.7 Å². The zero-order chi connectivity index (χ0) is 19.1. The highest BCUT2D eigenvalue weighted by molar-refractivity contribution is 7.89. The zero-order valence-electron chi connectivity index (χ0n) is 14.0. The largest absolute Gasteiger partial charge is 0.361 e. The van der Waals surface area contributed by atoms with Gasteiger partial charge >= 0.3 is 0 Å². The minimum atomic E-state index is -4.05. The van der Waals surface area contributed by atoms with E-state index < -0.39 is 21.8 Å². The number of hydrogen-bond donors (Lipinski definition) is 0. The van der Waals surface area contributed by atoms with E-state index in [4.69, 9.17) is 16.1 Å². The molecule has 0 aliphatic carbocycles. The Bertz CT molecular complexity index is 951. The lowest BCUT2D eigenvalue weighted by atomic mass is 10.1. The van der Waals surface area contributed by atoms with Gasteiger partial charge < -0.3 is 9.42 Å². The topological polar surface area (TPSA) is 114 Å². The molecule has 2 aromatic heterocycles. The van der Waals surface area contributed by atoms with Crippen LogP contribution in [0.3, 0.4) is 0 Å². The number of hydrogen-bond acceptors (Lipinski definition) is 7. The summed E-state index contributed by atoms with van der Waals surface area (Å²) in [6.45, 7) is 2.78. The summed E-state index contributed by atoms with van der Waals surface area (Å²) >= 11 is 5.66. The van der Waals surface area contributed by atoms with Crippen LogP contribution in [0.5, 0.6) is 0 Å². The van der Waals surface area contributed by atoms with Crippen molar-refractivity contribution in [3.05, 3.63) is 40.5 Å². The van der Waals surface area contributed by atoms with Gasteiger partial charge in [-0.2, -0.15) is 0 Å². The van der Waals surface area contributed by atoms with Crippen molar-refractivity contribution in [3.63, 3.8) is 0 Å². The van der Waals surface area contributed by atoms with Crippen molar-refractivity contribution >= 4 is 33.4 Å². The maximum Gasteiger partial charge on any atom is 0.268 e. The molecule has 1 aliphatic heterocycles. The summed E-state index contributed by atoms with van der Waals surface area (Å²) in [5.41, 5.74) is 0.707. The van der Waals surface area contributed by atoms with E-state index in [1.165, 1.54) is 17.0 Å². The molecule has 1 saturated heterocycles. The van der Waals surface area contributed by atoms with Crippen LogP contribution in [0.25, 0.3) is 0 Å². The highest BCUT2D eigenvalue weighted by Gasteiger charge is 2.37. The van der Waals surface area contributed by atoms with Crippen LogP contribution in [0.1, 0.15) is 21.8 Å². The normalized spacial score (nSPS) is 15.4. The van der Waals surface area contributed by atoms with Crippen molar-refractivity contribution in [2.75, 3.05) is 19.6 Å². The van der Waals surface area contributed by atoms with Gasteiger partial charge in [0.05, 0.1) is 12.2 Å². The van der Waals surface area contributed by atoms with Crippen LogP contribution < -0.4 is 0 Å². The molecule has 0 spiro atoms. The van der Waals surface area contributed by atoms with E-state index in [1.54, 1.807) is 13.8 Å². The van der Waals surface area contributed by atoms with Gasteiger partial charge in [0.1, 0.15) is 27.9 Å². The van der Waals surface area contributed by atoms with E-state index in [9.17, 15) is 18.0 Å². The van der Waals surface area contributed by atoms with Crippen LogP contribution in [0.15, 0.2) is 27.7 Å². The lowest BCUT2D eigenvalue weighted by molar-refractivity contribution is -0.129. The van der Waals surface area contributed by atoms with Crippen LogP contribution in [-0.4, -0.2) is 59.2 Å². The van der Waals surface area contributed by atoms with Crippen LogP contribution in [0.2, 0.25) is 5.15 Å². The number of sulfonamides is 1. The second kappa shape index (κ2) is 6.69. The number of aryl methyl sites for hydroxylation is 2. The number of amides is 2. The predicted molar refractivity (Wildman–Crippen MR) is 90.0 cm³/mol. The number of piperazine rings is 1. The van der Waals surface area contributed by atoms with Crippen molar-refractivity contribution in [1.29, 1.82) is 0 Å². The van der Waals surface area contributed by atoms with E-state index in [0.29, 0.717) is 11.5 Å². The SMILES string of the molecule is Cc1noc(C)c1C(=O)N1CCN(S(=O)(=O)c2ccc(Cl)nc2)C(=O)C1. The summed E-state index contributed by atoms with van der Waals surface area (Å²) in [6.07, 6.45) is 1.09. The Kier molecular flexibility index (Phi) is 4.72. The molecular weight excluding hydrogens is 384 g/mol. The molecule has 0 unspecified atom stereocenters. The molecule has 0 saturated carbocycles. The highest BCUT2D eigenvalue weighted by Crippen LogP contribution is 2.21. The summed E-state index contributed by atoms with van der Waals surface area (Å²) in [6, 6.07) is 2.61. The van der Waals surface area contributed by atoms with Gasteiger partial charge in [-0.1, -0.05) is 16.8 Å². The zero-order valence-corrected chi connectivity index (χ0v) is 15.5. The van der Waals surface area contributed by atoms with Crippen LogP contribution >= 0.6 is 11.6 Å². The third-order valence-corrected chi connectivity index (χ3v) is 6.03. The first kappa shape index (κ1) is 18.3. The number of carbonyl (C=O) groups is 2. The molecular formula is C15H15ClN4O5S. The minimum Gasteiger partial charge on any atom is -0.361 e. The number of aromatic nitrogens is 2. The van der Waals surface area contributed by atoms with Gasteiger partial charge in [-0.05, 0) is 26.0 Å². The summed E-state index contributed by atoms with van der Waals surface area (Å²) in [5.74, 6) is -0.770. The Morgan fingerprint density at radius 2 is 2.00 bits per heavy atom. The summed E-state index contributed by atoms with van der Waals surface area (Å²) in [5, 5.41) is 3.86. The van der Waals surface area contributed by atoms with Gasteiger partial charge in [0.15, 0.2) is 0 Å². The molecule has 138 valence electrons. The van der Waals surface area contributed by atoms with E-state index >= 15 is 0 Å². The lowest BCUT2D eigenvalue weighted by Gasteiger charge is -2.33. The number of carbonyl (C=O) groups excluding carboxylic acids is 2. The fourth-order valence-corrected chi connectivity index (χ4v) is 4.11. The Morgan fingerprint density at radius 1 is 1.27 bits per heavy atom. The molecule has 2 aromatic rings. The van der Waals surface area contributed by atoms with Crippen LogP contribution in [-0.2, 0) is 14.8 Å². The molecule has 26 heavy (non-hydrogen) atoms. The van der Waals surface area contributed by atoms with Crippen molar-refractivity contribution in [2.45, 2.75) is 18.7 Å². The van der Waals surface area contributed by atoms with Gasteiger partial charge in [0, 0.05) is 12.7 Å². The maximum absolute atomic E-state index is 12.6. The molecule has 3 heterocycles. The number of halogens is 1. The average Bonchev–Trinajstić information content (AvgIpc) is 2.93. The molecule has 0 radical (unpaired) electrons. The predicted octanol–water partition coefficient (Wildman–Crippen LogP) is 1.01. The van der Waals surface area contributed by atoms with Gasteiger partial charge in [-0.15, -0.1) is 0 Å². The summed E-state index contributed by atoms with van der Waals surface area (Å²) in [4.78, 5) is 29.9. The monoisotopic (exact) mass is 398 g/mol. The standard InChI is InChI=1S/C15H15ClN4O5S/c1-9-14(10(2)25-18-9)15(22)19-5-6-20(13(21)8-19)26(23,24)11-3-4-12(16)17-7-11/h3-4,7H,5-6,8H2,1-2H3. The van der Waals surface area contributed by atoms with E-state index in [0.717, 1.165) is 10.5 Å². The summed E-state index contributed by atoms with van der Waals surface area (Å²) < 4.78 is 30.9. The average molecular weight is 399 g/mol. The molecule has 2 amide bonds. The van der Waals surface area contributed by atoms with Crippen LogP contribution in [0, 0.1) is 13.8 Å². The Balaban J connectivity index is 1.79. The molecule has 0 N–H and O–H groups in total. The van der Waals surface area contributed by atoms with Gasteiger partial charge in [0.2, 0.25) is 0 Å². The van der Waals surface area contributed by atoms with Gasteiger partial charge in [-0.3, -0.25) is 9.59 Å². The number of nitrogens with zero attached hydrogens (tertiary/aromatic N) is 4. The van der Waals surface area contributed by atoms with Crippen molar-refractivity contribution in [1.82, 2.24) is 19.3 Å². The van der Waals surface area contributed by atoms with Crippen molar-refractivity contribution < 1.29 is 22.5 Å².